The van der Waals surface area contributed by atoms with Gasteiger partial charge in [0.05, 0.1) is 0 Å². The molecule has 0 radical (unpaired) electrons. The maximum atomic E-state index is 13.1. The molecule has 0 amide bonds. The van der Waals surface area contributed by atoms with E-state index in [-0.39, 0.29) is 0 Å². The molecule has 0 unspecified atom stereocenters. The van der Waals surface area contributed by atoms with Crippen LogP contribution < -0.4 is 5.32 Å². The van der Waals surface area contributed by atoms with Crippen molar-refractivity contribution < 1.29 is 8.78 Å². The van der Waals surface area contributed by atoms with Crippen LogP contribution in [-0.2, 0) is 6.54 Å². The van der Waals surface area contributed by atoms with Gasteiger partial charge in [0, 0.05) is 21.4 Å². The van der Waals surface area contributed by atoms with Gasteiger partial charge in [-0.15, -0.1) is 0 Å². The predicted molar refractivity (Wildman–Crippen MR) is 74.7 cm³/mol. The van der Waals surface area contributed by atoms with Gasteiger partial charge in [0.15, 0.2) is 11.6 Å². The minimum atomic E-state index is -0.845. The summed E-state index contributed by atoms with van der Waals surface area (Å²) in [7, 11) is 1.85. The maximum Gasteiger partial charge on any atom is 0.159 e. The molecule has 0 spiro atoms. The van der Waals surface area contributed by atoms with E-state index in [4.69, 9.17) is 11.6 Å². The third kappa shape index (κ3) is 3.69. The quantitative estimate of drug-likeness (QED) is 0.893. The molecule has 0 atom stereocenters. The number of rotatable bonds is 4. The zero-order valence-corrected chi connectivity index (χ0v) is 11.8. The van der Waals surface area contributed by atoms with Gasteiger partial charge in [0.1, 0.15) is 0 Å². The highest BCUT2D eigenvalue weighted by Crippen LogP contribution is 2.31. The SMILES string of the molecule is CNCc1ccc(Sc2ccc(F)c(F)c2)cc1Cl. The first-order chi connectivity index (χ1) is 9.10. The molecule has 100 valence electrons. The van der Waals surface area contributed by atoms with Gasteiger partial charge < -0.3 is 5.32 Å². The largest absolute Gasteiger partial charge is 0.316 e. The number of hydrogen-bond donors (Lipinski definition) is 1. The lowest BCUT2D eigenvalue weighted by Crippen LogP contribution is -2.05. The van der Waals surface area contributed by atoms with Crippen molar-refractivity contribution >= 4 is 23.4 Å². The molecule has 0 fully saturated rings. The standard InChI is InChI=1S/C14H12ClF2NS/c1-18-8-9-2-3-10(6-12(9)15)19-11-4-5-13(16)14(17)7-11/h2-7,18H,8H2,1H3. The Morgan fingerprint density at radius 1 is 1.05 bits per heavy atom. The number of halogens is 3. The van der Waals surface area contributed by atoms with Crippen LogP contribution in [0.2, 0.25) is 5.02 Å². The Hall–Kier alpha value is -1.10. The lowest BCUT2D eigenvalue weighted by molar-refractivity contribution is 0.506. The van der Waals surface area contributed by atoms with Crippen LogP contribution in [0, 0.1) is 11.6 Å². The van der Waals surface area contributed by atoms with E-state index >= 15 is 0 Å². The minimum Gasteiger partial charge on any atom is -0.316 e. The molecular weight excluding hydrogens is 288 g/mol. The van der Waals surface area contributed by atoms with Crippen LogP contribution in [0.4, 0.5) is 8.78 Å². The van der Waals surface area contributed by atoms with Crippen LogP contribution in [0.1, 0.15) is 5.56 Å². The van der Waals surface area contributed by atoms with Crippen molar-refractivity contribution in [2.45, 2.75) is 16.3 Å². The van der Waals surface area contributed by atoms with Crippen LogP contribution in [0.3, 0.4) is 0 Å². The highest BCUT2D eigenvalue weighted by Gasteiger charge is 2.06. The second kappa shape index (κ2) is 6.37. The molecule has 0 aliphatic rings. The van der Waals surface area contributed by atoms with E-state index in [1.807, 2.05) is 25.2 Å². The summed E-state index contributed by atoms with van der Waals surface area (Å²) in [6, 6.07) is 9.48. The first-order valence-electron chi connectivity index (χ1n) is 5.66. The second-order valence-electron chi connectivity index (χ2n) is 3.96. The molecular formula is C14H12ClF2NS. The van der Waals surface area contributed by atoms with Gasteiger partial charge in [-0.1, -0.05) is 29.4 Å². The van der Waals surface area contributed by atoms with E-state index < -0.39 is 11.6 Å². The van der Waals surface area contributed by atoms with E-state index in [2.05, 4.69) is 5.32 Å². The fourth-order valence-corrected chi connectivity index (χ4v) is 2.80. The molecule has 19 heavy (non-hydrogen) atoms. The van der Waals surface area contributed by atoms with Crippen molar-refractivity contribution in [1.29, 1.82) is 0 Å². The Morgan fingerprint density at radius 3 is 2.37 bits per heavy atom. The molecule has 2 aromatic carbocycles. The highest BCUT2D eigenvalue weighted by molar-refractivity contribution is 7.99. The Kier molecular flexibility index (Phi) is 4.80. The van der Waals surface area contributed by atoms with Crippen molar-refractivity contribution in [3.8, 4) is 0 Å². The molecule has 0 aliphatic carbocycles. The van der Waals surface area contributed by atoms with Crippen LogP contribution in [-0.4, -0.2) is 7.05 Å². The monoisotopic (exact) mass is 299 g/mol. The van der Waals surface area contributed by atoms with Crippen molar-refractivity contribution in [3.05, 3.63) is 58.6 Å². The summed E-state index contributed by atoms with van der Waals surface area (Å²) in [5, 5.41) is 3.68. The Balaban J connectivity index is 2.19. The topological polar surface area (TPSA) is 12.0 Å². The van der Waals surface area contributed by atoms with Gasteiger partial charge >= 0.3 is 0 Å². The molecule has 0 saturated carbocycles. The highest BCUT2D eigenvalue weighted by atomic mass is 35.5. The van der Waals surface area contributed by atoms with Gasteiger partial charge in [-0.2, -0.15) is 0 Å². The summed E-state index contributed by atoms with van der Waals surface area (Å²) in [4.78, 5) is 1.52. The number of benzene rings is 2. The van der Waals surface area contributed by atoms with E-state index in [1.165, 1.54) is 17.8 Å². The van der Waals surface area contributed by atoms with Crippen LogP contribution in [0.15, 0.2) is 46.2 Å². The average molecular weight is 300 g/mol. The fraction of sp³-hybridized carbons (Fsp3) is 0.143. The molecule has 0 heterocycles. The second-order valence-corrected chi connectivity index (χ2v) is 5.52. The molecule has 5 heteroatoms. The summed E-state index contributed by atoms with van der Waals surface area (Å²) >= 11 is 7.48. The third-order valence-corrected chi connectivity index (χ3v) is 3.85. The number of hydrogen-bond acceptors (Lipinski definition) is 2. The van der Waals surface area contributed by atoms with E-state index in [0.29, 0.717) is 16.5 Å². The molecule has 2 aromatic rings. The summed E-state index contributed by atoms with van der Waals surface area (Å²) in [6.07, 6.45) is 0. The molecule has 0 saturated heterocycles. The fourth-order valence-electron chi connectivity index (χ4n) is 1.60. The smallest absolute Gasteiger partial charge is 0.159 e. The van der Waals surface area contributed by atoms with Gasteiger partial charge in [-0.25, -0.2) is 8.78 Å². The van der Waals surface area contributed by atoms with Crippen LogP contribution >= 0.6 is 23.4 Å². The van der Waals surface area contributed by atoms with Gasteiger partial charge in [0.25, 0.3) is 0 Å². The summed E-state index contributed by atoms with van der Waals surface area (Å²) in [6.45, 7) is 0.689. The van der Waals surface area contributed by atoms with E-state index in [0.717, 1.165) is 16.5 Å². The summed E-state index contributed by atoms with van der Waals surface area (Å²) in [5.41, 5.74) is 0.999. The molecule has 1 nitrogen and oxygen atoms in total. The first kappa shape index (κ1) is 14.3. The molecule has 1 N–H and O–H groups in total. The molecule has 2 rings (SSSR count). The van der Waals surface area contributed by atoms with Crippen molar-refractivity contribution in [3.63, 3.8) is 0 Å². The molecule has 0 aliphatic heterocycles. The zero-order valence-electron chi connectivity index (χ0n) is 10.2. The van der Waals surface area contributed by atoms with Crippen molar-refractivity contribution in [1.82, 2.24) is 5.32 Å². The van der Waals surface area contributed by atoms with Crippen LogP contribution in [0.5, 0.6) is 0 Å². The maximum absolute atomic E-state index is 13.1. The van der Waals surface area contributed by atoms with E-state index in [9.17, 15) is 8.78 Å². The minimum absolute atomic E-state index is 0.635. The van der Waals surface area contributed by atoms with E-state index in [1.54, 1.807) is 6.07 Å². The Bertz CT molecular complexity index is 590. The Morgan fingerprint density at radius 2 is 1.74 bits per heavy atom. The summed E-state index contributed by atoms with van der Waals surface area (Å²) in [5.74, 6) is -1.69. The van der Waals surface area contributed by atoms with Crippen molar-refractivity contribution in [2.24, 2.45) is 0 Å². The Labute approximate surface area is 120 Å². The average Bonchev–Trinajstić information content (AvgIpc) is 2.37. The molecule has 0 bridgehead atoms. The summed E-state index contributed by atoms with van der Waals surface area (Å²) < 4.78 is 25.9. The van der Waals surface area contributed by atoms with Crippen molar-refractivity contribution in [2.75, 3.05) is 7.05 Å². The van der Waals surface area contributed by atoms with Gasteiger partial charge in [-0.3, -0.25) is 0 Å². The molecule has 0 aromatic heterocycles. The number of nitrogens with one attached hydrogen (secondary N) is 1. The third-order valence-electron chi connectivity index (χ3n) is 2.52. The predicted octanol–water partition coefficient (Wildman–Crippen LogP) is 4.49. The normalized spacial score (nSPS) is 10.7. The van der Waals surface area contributed by atoms with Gasteiger partial charge in [-0.05, 0) is 42.9 Å². The first-order valence-corrected chi connectivity index (χ1v) is 6.85. The van der Waals surface area contributed by atoms with Crippen LogP contribution in [0.25, 0.3) is 0 Å². The van der Waals surface area contributed by atoms with Gasteiger partial charge in [0.2, 0.25) is 0 Å². The zero-order chi connectivity index (χ0) is 13.8. The lowest BCUT2D eigenvalue weighted by Gasteiger charge is -2.07. The lowest BCUT2D eigenvalue weighted by atomic mass is 10.2.